The van der Waals surface area contributed by atoms with E-state index in [-0.39, 0.29) is 23.3 Å². The van der Waals surface area contributed by atoms with Crippen molar-refractivity contribution in [2.75, 3.05) is 11.5 Å². The van der Waals surface area contributed by atoms with Crippen molar-refractivity contribution in [2.45, 2.75) is 64.7 Å². The fraction of sp³-hybridized carbons (Fsp3) is 0.778. The summed E-state index contributed by atoms with van der Waals surface area (Å²) >= 11 is 7.92. The van der Waals surface area contributed by atoms with Gasteiger partial charge in [-0.25, -0.2) is 4.79 Å². The van der Waals surface area contributed by atoms with Crippen LogP contribution in [0.3, 0.4) is 0 Å². The number of carboxylic acids is 1. The number of nitrogens with one attached hydrogen (secondary N) is 3. The van der Waals surface area contributed by atoms with E-state index in [1.807, 2.05) is 13.8 Å². The molecular weight excluding hydrogens is 416 g/mol. The minimum atomic E-state index is -1.21. The molecule has 3 amide bonds. The number of carbonyl (C=O) groups is 4. The van der Waals surface area contributed by atoms with Crippen LogP contribution in [0.4, 0.5) is 0 Å². The van der Waals surface area contributed by atoms with Crippen LogP contribution in [0.25, 0.3) is 0 Å². The standard InChI is InChI=1S/C18H34N4O5S2/c1-5-9(3)13(16(24)20-12(8-29)18(26)27)22-17(25)14(10(4)6-2)21-15(23)11(19)7-28/h9-14,28-29H,5-8,19H2,1-4H3,(H,20,24)(H,21,23)(H,22,25)(H,26,27). The molecule has 6 atom stereocenters. The number of carboxylic acid groups (broad SMARTS) is 1. The van der Waals surface area contributed by atoms with Crippen molar-refractivity contribution in [3.63, 3.8) is 0 Å². The summed E-state index contributed by atoms with van der Waals surface area (Å²) in [7, 11) is 0. The third-order valence-corrected chi connectivity index (χ3v) is 5.68. The fourth-order valence-electron chi connectivity index (χ4n) is 2.44. The normalized spacial score (nSPS) is 17.2. The van der Waals surface area contributed by atoms with E-state index < -0.39 is 47.9 Å². The third-order valence-electron chi connectivity index (χ3n) is 4.92. The monoisotopic (exact) mass is 450 g/mol. The van der Waals surface area contributed by atoms with E-state index in [0.29, 0.717) is 12.8 Å². The molecule has 9 nitrogen and oxygen atoms in total. The van der Waals surface area contributed by atoms with Gasteiger partial charge in [0.1, 0.15) is 18.1 Å². The Kier molecular flexibility index (Phi) is 13.0. The Morgan fingerprint density at radius 2 is 1.24 bits per heavy atom. The van der Waals surface area contributed by atoms with E-state index in [2.05, 4.69) is 41.2 Å². The Balaban J connectivity index is 5.49. The molecule has 0 saturated heterocycles. The predicted molar refractivity (Wildman–Crippen MR) is 118 cm³/mol. The van der Waals surface area contributed by atoms with E-state index in [1.165, 1.54) is 0 Å². The molecule has 168 valence electrons. The van der Waals surface area contributed by atoms with Gasteiger partial charge in [0.15, 0.2) is 0 Å². The van der Waals surface area contributed by atoms with E-state index in [4.69, 9.17) is 10.8 Å². The van der Waals surface area contributed by atoms with E-state index >= 15 is 0 Å². The van der Waals surface area contributed by atoms with Crippen molar-refractivity contribution >= 4 is 48.9 Å². The lowest BCUT2D eigenvalue weighted by Crippen LogP contribution is -2.60. The molecule has 0 saturated carbocycles. The summed E-state index contributed by atoms with van der Waals surface area (Å²) in [6.07, 6.45) is 1.18. The number of amides is 3. The van der Waals surface area contributed by atoms with Gasteiger partial charge in [-0.3, -0.25) is 14.4 Å². The largest absolute Gasteiger partial charge is 0.480 e. The fourth-order valence-corrected chi connectivity index (χ4v) is 2.85. The third kappa shape index (κ3) is 8.83. The van der Waals surface area contributed by atoms with Crippen LogP contribution in [-0.4, -0.2) is 64.5 Å². The summed E-state index contributed by atoms with van der Waals surface area (Å²) in [5.74, 6) is -3.31. The number of aliphatic carboxylic acids is 1. The first-order valence-electron chi connectivity index (χ1n) is 9.65. The number of carbonyl (C=O) groups excluding carboxylic acids is 3. The molecule has 11 heteroatoms. The summed E-state index contributed by atoms with van der Waals surface area (Å²) in [5, 5.41) is 16.8. The molecule has 0 radical (unpaired) electrons. The molecular formula is C18H34N4O5S2. The number of nitrogens with two attached hydrogens (primary N) is 1. The number of rotatable bonds is 13. The highest BCUT2D eigenvalue weighted by Gasteiger charge is 2.34. The van der Waals surface area contributed by atoms with Crippen LogP contribution in [-0.2, 0) is 19.2 Å². The SMILES string of the molecule is CCC(C)C(NC(=O)C(N)CS)C(=O)NC(C(=O)NC(CS)C(=O)O)C(C)CC. The Bertz CT molecular complexity index is 578. The molecule has 0 aliphatic heterocycles. The molecule has 6 unspecified atom stereocenters. The van der Waals surface area contributed by atoms with Crippen LogP contribution in [0.5, 0.6) is 0 Å². The minimum absolute atomic E-state index is 0.0879. The van der Waals surface area contributed by atoms with E-state index in [1.54, 1.807) is 13.8 Å². The van der Waals surface area contributed by atoms with Crippen molar-refractivity contribution in [2.24, 2.45) is 17.6 Å². The average Bonchev–Trinajstić information content (AvgIpc) is 2.71. The molecule has 0 aliphatic carbocycles. The maximum Gasteiger partial charge on any atom is 0.327 e. The molecule has 0 aliphatic rings. The predicted octanol–water partition coefficient (Wildman–Crippen LogP) is -0.195. The summed E-state index contributed by atoms with van der Waals surface area (Å²) in [5.41, 5.74) is 5.68. The minimum Gasteiger partial charge on any atom is -0.480 e. The zero-order chi connectivity index (χ0) is 22.7. The van der Waals surface area contributed by atoms with E-state index in [0.717, 1.165) is 0 Å². The van der Waals surface area contributed by atoms with Crippen LogP contribution >= 0.6 is 25.3 Å². The van der Waals surface area contributed by atoms with Gasteiger partial charge in [0.2, 0.25) is 17.7 Å². The maximum absolute atomic E-state index is 12.9. The zero-order valence-corrected chi connectivity index (χ0v) is 19.1. The molecule has 0 aromatic carbocycles. The first kappa shape index (κ1) is 27.5. The van der Waals surface area contributed by atoms with Crippen LogP contribution < -0.4 is 21.7 Å². The molecule has 0 heterocycles. The number of hydrogen-bond donors (Lipinski definition) is 7. The van der Waals surface area contributed by atoms with Gasteiger partial charge < -0.3 is 26.8 Å². The number of thiol groups is 2. The van der Waals surface area contributed by atoms with Crippen molar-refractivity contribution < 1.29 is 24.3 Å². The lowest BCUT2D eigenvalue weighted by molar-refractivity contribution is -0.142. The molecule has 0 aromatic heterocycles. The van der Waals surface area contributed by atoms with Gasteiger partial charge in [0.05, 0.1) is 6.04 Å². The van der Waals surface area contributed by atoms with Crippen LogP contribution in [0.15, 0.2) is 0 Å². The Labute approximate surface area is 183 Å². The second-order valence-corrected chi connectivity index (χ2v) is 7.84. The van der Waals surface area contributed by atoms with Crippen molar-refractivity contribution in [1.82, 2.24) is 16.0 Å². The second kappa shape index (κ2) is 13.7. The van der Waals surface area contributed by atoms with Crippen molar-refractivity contribution in [3.8, 4) is 0 Å². The quantitative estimate of drug-likeness (QED) is 0.193. The highest BCUT2D eigenvalue weighted by molar-refractivity contribution is 7.80. The molecule has 0 spiro atoms. The number of hydrogen-bond acceptors (Lipinski definition) is 7. The van der Waals surface area contributed by atoms with Crippen molar-refractivity contribution in [3.05, 3.63) is 0 Å². The van der Waals surface area contributed by atoms with Crippen molar-refractivity contribution in [1.29, 1.82) is 0 Å². The first-order valence-corrected chi connectivity index (χ1v) is 10.9. The molecule has 0 aromatic rings. The van der Waals surface area contributed by atoms with Gasteiger partial charge in [-0.2, -0.15) is 25.3 Å². The van der Waals surface area contributed by atoms with Crippen LogP contribution in [0.2, 0.25) is 0 Å². The van der Waals surface area contributed by atoms with Crippen LogP contribution in [0, 0.1) is 11.8 Å². The zero-order valence-electron chi connectivity index (χ0n) is 17.3. The topological polar surface area (TPSA) is 151 Å². The first-order chi connectivity index (χ1) is 13.5. The van der Waals surface area contributed by atoms with Gasteiger partial charge in [-0.15, -0.1) is 0 Å². The Hall–Kier alpha value is -1.46. The summed E-state index contributed by atoms with van der Waals surface area (Å²) in [6, 6.07) is -3.89. The van der Waals surface area contributed by atoms with Gasteiger partial charge in [-0.1, -0.05) is 40.5 Å². The Morgan fingerprint density at radius 1 is 0.828 bits per heavy atom. The molecule has 6 N–H and O–H groups in total. The summed E-state index contributed by atoms with van der Waals surface area (Å²) in [6.45, 7) is 7.30. The summed E-state index contributed by atoms with van der Waals surface area (Å²) < 4.78 is 0. The van der Waals surface area contributed by atoms with Gasteiger partial charge in [0.25, 0.3) is 0 Å². The molecule has 29 heavy (non-hydrogen) atoms. The lowest BCUT2D eigenvalue weighted by atomic mass is 9.94. The highest BCUT2D eigenvalue weighted by atomic mass is 32.1. The van der Waals surface area contributed by atoms with Gasteiger partial charge in [0, 0.05) is 11.5 Å². The van der Waals surface area contributed by atoms with Gasteiger partial charge in [-0.05, 0) is 11.8 Å². The van der Waals surface area contributed by atoms with E-state index in [9.17, 15) is 19.2 Å². The summed E-state index contributed by atoms with van der Waals surface area (Å²) in [4.78, 5) is 48.9. The average molecular weight is 451 g/mol. The smallest absolute Gasteiger partial charge is 0.327 e. The van der Waals surface area contributed by atoms with Crippen LogP contribution in [0.1, 0.15) is 40.5 Å². The Morgan fingerprint density at radius 3 is 1.59 bits per heavy atom. The maximum atomic E-state index is 12.9. The lowest BCUT2D eigenvalue weighted by Gasteiger charge is -2.29. The second-order valence-electron chi connectivity index (χ2n) is 7.11. The van der Waals surface area contributed by atoms with Gasteiger partial charge >= 0.3 is 5.97 Å². The highest BCUT2D eigenvalue weighted by Crippen LogP contribution is 2.13. The molecule has 0 rings (SSSR count). The molecule has 0 bridgehead atoms. The molecule has 0 fully saturated rings.